The maximum atomic E-state index is 11.4. The lowest BCUT2D eigenvalue weighted by molar-refractivity contribution is -0.115. The third-order valence-electron chi connectivity index (χ3n) is 3.61. The normalized spacial score (nSPS) is 10.4. The van der Waals surface area contributed by atoms with E-state index in [1.807, 2.05) is 60.8 Å². The highest BCUT2D eigenvalue weighted by molar-refractivity contribution is 7.13. The molecule has 1 aromatic heterocycles. The van der Waals surface area contributed by atoms with Crippen LogP contribution in [0.5, 0.6) is 5.75 Å². The number of amides is 1. The summed E-state index contributed by atoms with van der Waals surface area (Å²) >= 11 is 1.60. The predicted octanol–water partition coefficient (Wildman–Crippen LogP) is 4.83. The molecule has 1 amide bonds. The molecular formula is C19H18N2O2S. The van der Waals surface area contributed by atoms with Crippen LogP contribution in [-0.2, 0) is 4.79 Å². The highest BCUT2D eigenvalue weighted by Gasteiger charge is 2.08. The van der Waals surface area contributed by atoms with E-state index in [-0.39, 0.29) is 5.91 Å². The summed E-state index contributed by atoms with van der Waals surface area (Å²) < 4.78 is 5.26. The van der Waals surface area contributed by atoms with Crippen molar-refractivity contribution in [3.05, 3.63) is 53.9 Å². The number of carbonyl (C=O) groups excluding carboxylic acids is 1. The van der Waals surface area contributed by atoms with Crippen LogP contribution in [0.1, 0.15) is 13.3 Å². The van der Waals surface area contributed by atoms with E-state index in [1.54, 1.807) is 18.4 Å². The van der Waals surface area contributed by atoms with Crippen LogP contribution in [0.15, 0.2) is 53.9 Å². The zero-order chi connectivity index (χ0) is 16.9. The second-order valence-electron chi connectivity index (χ2n) is 5.25. The van der Waals surface area contributed by atoms with Crippen molar-refractivity contribution in [2.24, 2.45) is 0 Å². The van der Waals surface area contributed by atoms with E-state index in [2.05, 4.69) is 5.32 Å². The first kappa shape index (κ1) is 16.2. The summed E-state index contributed by atoms with van der Waals surface area (Å²) in [6.45, 7) is 1.83. The summed E-state index contributed by atoms with van der Waals surface area (Å²) in [5, 5.41) is 5.83. The van der Waals surface area contributed by atoms with Gasteiger partial charge in [0.1, 0.15) is 10.8 Å². The molecule has 0 fully saturated rings. The van der Waals surface area contributed by atoms with Crippen LogP contribution in [0.3, 0.4) is 0 Å². The number of methoxy groups -OCH3 is 1. The molecule has 0 atom stereocenters. The first-order valence-corrected chi connectivity index (χ1v) is 8.58. The quantitative estimate of drug-likeness (QED) is 0.724. The Morgan fingerprint density at radius 2 is 1.96 bits per heavy atom. The average molecular weight is 338 g/mol. The van der Waals surface area contributed by atoms with E-state index in [0.29, 0.717) is 6.42 Å². The van der Waals surface area contributed by atoms with Crippen molar-refractivity contribution >= 4 is 22.9 Å². The molecule has 4 nitrogen and oxygen atoms in total. The molecule has 0 aliphatic carbocycles. The second kappa shape index (κ2) is 7.27. The lowest BCUT2D eigenvalue weighted by Gasteiger charge is -2.04. The van der Waals surface area contributed by atoms with Crippen molar-refractivity contribution in [1.29, 1.82) is 0 Å². The molecule has 0 aliphatic rings. The number of aromatic nitrogens is 1. The SMILES string of the molecule is CCC(=O)Nc1ccc(-c2csc(-c3cccc(OC)c3)n2)cc1. The minimum Gasteiger partial charge on any atom is -0.497 e. The second-order valence-corrected chi connectivity index (χ2v) is 6.11. The van der Waals surface area contributed by atoms with Gasteiger partial charge in [-0.2, -0.15) is 0 Å². The van der Waals surface area contributed by atoms with Crippen molar-refractivity contribution in [2.75, 3.05) is 12.4 Å². The number of nitrogens with one attached hydrogen (secondary N) is 1. The minimum atomic E-state index is 0.0109. The van der Waals surface area contributed by atoms with Crippen molar-refractivity contribution in [3.8, 4) is 27.6 Å². The first-order chi connectivity index (χ1) is 11.7. The van der Waals surface area contributed by atoms with Crippen LogP contribution in [0.25, 0.3) is 21.8 Å². The van der Waals surface area contributed by atoms with E-state index in [4.69, 9.17) is 9.72 Å². The van der Waals surface area contributed by atoms with Gasteiger partial charge in [0.25, 0.3) is 0 Å². The molecule has 24 heavy (non-hydrogen) atoms. The molecule has 5 heteroatoms. The summed E-state index contributed by atoms with van der Waals surface area (Å²) in [5.74, 6) is 0.831. The molecule has 3 rings (SSSR count). The Hall–Kier alpha value is -2.66. The highest BCUT2D eigenvalue weighted by atomic mass is 32.1. The number of hydrogen-bond acceptors (Lipinski definition) is 4. The van der Waals surface area contributed by atoms with Gasteiger partial charge in [0.05, 0.1) is 12.8 Å². The standard InChI is InChI=1S/C19H18N2O2S/c1-3-18(22)20-15-9-7-13(8-10-15)17-12-24-19(21-17)14-5-4-6-16(11-14)23-2/h4-12H,3H2,1-2H3,(H,20,22). The largest absolute Gasteiger partial charge is 0.497 e. The van der Waals surface area contributed by atoms with Gasteiger partial charge >= 0.3 is 0 Å². The molecule has 0 aliphatic heterocycles. The van der Waals surface area contributed by atoms with E-state index in [1.165, 1.54) is 0 Å². The van der Waals surface area contributed by atoms with Gasteiger partial charge in [-0.3, -0.25) is 4.79 Å². The fraction of sp³-hybridized carbons (Fsp3) is 0.158. The fourth-order valence-electron chi connectivity index (χ4n) is 2.27. The maximum absolute atomic E-state index is 11.4. The van der Waals surface area contributed by atoms with Crippen molar-refractivity contribution < 1.29 is 9.53 Å². The summed E-state index contributed by atoms with van der Waals surface area (Å²) in [7, 11) is 1.66. The molecule has 0 bridgehead atoms. The van der Waals surface area contributed by atoms with Crippen LogP contribution in [0.2, 0.25) is 0 Å². The molecule has 122 valence electrons. The predicted molar refractivity (Wildman–Crippen MR) is 98.5 cm³/mol. The molecular weight excluding hydrogens is 320 g/mol. The van der Waals surface area contributed by atoms with E-state index >= 15 is 0 Å². The molecule has 0 radical (unpaired) electrons. The lowest BCUT2D eigenvalue weighted by atomic mass is 10.1. The number of anilines is 1. The van der Waals surface area contributed by atoms with E-state index in [9.17, 15) is 4.79 Å². The van der Waals surface area contributed by atoms with Crippen LogP contribution in [0.4, 0.5) is 5.69 Å². The summed E-state index contributed by atoms with van der Waals surface area (Å²) in [5.41, 5.74) is 3.78. The number of thiazole rings is 1. The Labute approximate surface area is 145 Å². The zero-order valence-electron chi connectivity index (χ0n) is 13.6. The zero-order valence-corrected chi connectivity index (χ0v) is 14.4. The van der Waals surface area contributed by atoms with Crippen molar-refractivity contribution in [3.63, 3.8) is 0 Å². The molecule has 3 aromatic rings. The minimum absolute atomic E-state index is 0.0109. The smallest absolute Gasteiger partial charge is 0.224 e. The highest BCUT2D eigenvalue weighted by Crippen LogP contribution is 2.31. The molecule has 0 saturated carbocycles. The van der Waals surface area contributed by atoms with Gasteiger partial charge in [0, 0.05) is 28.6 Å². The number of nitrogens with zero attached hydrogens (tertiary/aromatic N) is 1. The summed E-state index contributed by atoms with van der Waals surface area (Å²) in [4.78, 5) is 16.1. The van der Waals surface area contributed by atoms with Gasteiger partial charge in [-0.05, 0) is 24.3 Å². The first-order valence-electron chi connectivity index (χ1n) is 7.70. The number of benzene rings is 2. The average Bonchev–Trinajstić information content (AvgIpc) is 3.12. The van der Waals surface area contributed by atoms with Gasteiger partial charge in [-0.25, -0.2) is 4.98 Å². The molecule has 0 spiro atoms. The third kappa shape index (κ3) is 3.63. The van der Waals surface area contributed by atoms with Gasteiger partial charge < -0.3 is 10.1 Å². The Morgan fingerprint density at radius 1 is 1.17 bits per heavy atom. The van der Waals surface area contributed by atoms with Gasteiger partial charge in [0.2, 0.25) is 5.91 Å². The number of ether oxygens (including phenoxy) is 1. The molecule has 0 unspecified atom stereocenters. The Bertz CT molecular complexity index is 841. The third-order valence-corrected chi connectivity index (χ3v) is 4.50. The van der Waals surface area contributed by atoms with Crippen LogP contribution < -0.4 is 10.1 Å². The molecule has 1 heterocycles. The fourth-order valence-corrected chi connectivity index (χ4v) is 3.09. The van der Waals surface area contributed by atoms with Crippen molar-refractivity contribution in [1.82, 2.24) is 4.98 Å². The monoisotopic (exact) mass is 338 g/mol. The van der Waals surface area contributed by atoms with E-state index < -0.39 is 0 Å². The number of rotatable bonds is 5. The number of hydrogen-bond donors (Lipinski definition) is 1. The van der Waals surface area contributed by atoms with Crippen LogP contribution >= 0.6 is 11.3 Å². The topological polar surface area (TPSA) is 51.2 Å². The molecule has 1 N–H and O–H groups in total. The van der Waals surface area contributed by atoms with Crippen LogP contribution in [0, 0.1) is 0 Å². The summed E-state index contributed by atoms with van der Waals surface area (Å²) in [6.07, 6.45) is 0.470. The van der Waals surface area contributed by atoms with Gasteiger partial charge in [0.15, 0.2) is 0 Å². The van der Waals surface area contributed by atoms with Crippen molar-refractivity contribution in [2.45, 2.75) is 13.3 Å². The van der Waals surface area contributed by atoms with Gasteiger partial charge in [-0.1, -0.05) is 31.2 Å². The van der Waals surface area contributed by atoms with Gasteiger partial charge in [-0.15, -0.1) is 11.3 Å². The molecule has 0 saturated heterocycles. The Kier molecular flexibility index (Phi) is 4.91. The Morgan fingerprint density at radius 3 is 2.67 bits per heavy atom. The summed E-state index contributed by atoms with van der Waals surface area (Å²) in [6, 6.07) is 15.6. The van der Waals surface area contributed by atoms with Crippen LogP contribution in [-0.4, -0.2) is 18.0 Å². The lowest BCUT2D eigenvalue weighted by Crippen LogP contribution is -2.08. The van der Waals surface area contributed by atoms with E-state index in [0.717, 1.165) is 33.3 Å². The Balaban J connectivity index is 1.81. The molecule has 2 aromatic carbocycles. The maximum Gasteiger partial charge on any atom is 0.224 e. The number of carbonyl (C=O) groups is 1.